The van der Waals surface area contributed by atoms with Crippen LogP contribution in [-0.4, -0.2) is 43.9 Å². The Morgan fingerprint density at radius 3 is 2.76 bits per heavy atom. The van der Waals surface area contributed by atoms with Crippen molar-refractivity contribution in [3.63, 3.8) is 0 Å². The Morgan fingerprint density at radius 2 is 2.03 bits per heavy atom. The molecule has 174 valence electrons. The van der Waals surface area contributed by atoms with Gasteiger partial charge in [0.1, 0.15) is 11.4 Å². The summed E-state index contributed by atoms with van der Waals surface area (Å²) in [7, 11) is 0. The summed E-state index contributed by atoms with van der Waals surface area (Å²) in [6.45, 7) is 3.35. The molecule has 0 unspecified atom stereocenters. The number of para-hydroxylation sites is 1. The van der Waals surface area contributed by atoms with E-state index in [0.29, 0.717) is 42.2 Å². The number of nitrogens with one attached hydrogen (secondary N) is 1. The first-order valence-electron chi connectivity index (χ1n) is 10.8. The molecule has 4 rings (SSSR count). The fourth-order valence-corrected chi connectivity index (χ4v) is 4.55. The topological polar surface area (TPSA) is 142 Å². The summed E-state index contributed by atoms with van der Waals surface area (Å²) in [4.78, 5) is 57.2. The molecule has 2 aromatic heterocycles. The van der Waals surface area contributed by atoms with E-state index in [1.54, 1.807) is 24.3 Å². The lowest BCUT2D eigenvalue weighted by Crippen LogP contribution is -2.36. The van der Waals surface area contributed by atoms with Crippen LogP contribution in [0.5, 0.6) is 0 Å². The Hall–Kier alpha value is -3.18. The zero-order valence-electron chi connectivity index (χ0n) is 18.2. The first kappa shape index (κ1) is 23.0. The van der Waals surface area contributed by atoms with Gasteiger partial charge < -0.3 is 10.5 Å². The highest BCUT2D eigenvalue weighted by Crippen LogP contribution is 2.35. The number of thioether (sulfide) groups is 1. The molecule has 10 nitrogen and oxygen atoms in total. The number of nitrogens with two attached hydrogens (primary N) is 1. The van der Waals surface area contributed by atoms with E-state index in [1.807, 2.05) is 6.92 Å². The van der Waals surface area contributed by atoms with Crippen molar-refractivity contribution in [2.24, 2.45) is 0 Å². The SMILES string of the molecule is CCOCCCn1c(SCC(=O)c2c(N)n(C3CC3)c(=O)[nH]c2=O)nc2ccccc2c1=O. The van der Waals surface area contributed by atoms with Gasteiger partial charge in [0, 0.05) is 25.8 Å². The molecule has 3 aromatic rings. The third kappa shape index (κ3) is 4.79. The second kappa shape index (κ2) is 9.75. The monoisotopic (exact) mass is 471 g/mol. The number of ether oxygens (including phenoxy) is 1. The molecule has 1 fully saturated rings. The highest BCUT2D eigenvalue weighted by molar-refractivity contribution is 7.99. The van der Waals surface area contributed by atoms with Gasteiger partial charge >= 0.3 is 5.69 Å². The predicted octanol–water partition coefficient (Wildman–Crippen LogP) is 1.57. The molecule has 1 aliphatic rings. The maximum atomic E-state index is 13.1. The number of carbonyl (C=O) groups excluding carboxylic acids is 1. The summed E-state index contributed by atoms with van der Waals surface area (Å²) in [5.41, 5.74) is 4.72. The number of nitrogen functional groups attached to an aromatic ring is 1. The highest BCUT2D eigenvalue weighted by atomic mass is 32.2. The molecule has 0 bridgehead atoms. The van der Waals surface area contributed by atoms with Crippen molar-refractivity contribution >= 4 is 34.3 Å². The summed E-state index contributed by atoms with van der Waals surface area (Å²) in [6.07, 6.45) is 2.15. The van der Waals surface area contributed by atoms with E-state index >= 15 is 0 Å². The minimum atomic E-state index is -0.805. The third-order valence-corrected chi connectivity index (χ3v) is 6.38. The number of H-pyrrole nitrogens is 1. The van der Waals surface area contributed by atoms with Crippen molar-refractivity contribution in [1.82, 2.24) is 19.1 Å². The minimum Gasteiger partial charge on any atom is -0.384 e. The molecule has 1 aliphatic carbocycles. The van der Waals surface area contributed by atoms with Crippen LogP contribution < -0.4 is 22.5 Å². The van der Waals surface area contributed by atoms with Gasteiger partial charge in [0.15, 0.2) is 10.9 Å². The predicted molar refractivity (Wildman–Crippen MR) is 126 cm³/mol. The number of aromatic amines is 1. The van der Waals surface area contributed by atoms with Crippen LogP contribution in [0.15, 0.2) is 43.8 Å². The fraction of sp³-hybridized carbons (Fsp3) is 0.409. The zero-order valence-corrected chi connectivity index (χ0v) is 19.0. The lowest BCUT2D eigenvalue weighted by molar-refractivity contribution is 0.102. The van der Waals surface area contributed by atoms with Gasteiger partial charge in [0.05, 0.1) is 16.7 Å². The Kier molecular flexibility index (Phi) is 6.80. The number of hydrogen-bond acceptors (Lipinski definition) is 8. The first-order valence-corrected chi connectivity index (χ1v) is 11.8. The largest absolute Gasteiger partial charge is 0.384 e. The number of ketones is 1. The standard InChI is InChI=1S/C22H25N5O5S/c1-2-32-11-5-10-26-20(30)14-6-3-4-7-15(14)24-22(26)33-12-16(28)17-18(23)27(13-8-9-13)21(31)25-19(17)29/h3-4,6-7,13H,2,5,8-12,23H2,1H3,(H,25,29,31). The van der Waals surface area contributed by atoms with Gasteiger partial charge in [-0.1, -0.05) is 23.9 Å². The quantitative estimate of drug-likeness (QED) is 0.196. The Balaban J connectivity index is 1.63. The zero-order chi connectivity index (χ0) is 23.5. The minimum absolute atomic E-state index is 0.0915. The number of fused-ring (bicyclic) bond motifs is 1. The maximum Gasteiger partial charge on any atom is 0.330 e. The Labute approximate surface area is 192 Å². The number of aromatic nitrogens is 4. The first-order chi connectivity index (χ1) is 15.9. The van der Waals surface area contributed by atoms with Crippen molar-refractivity contribution in [2.75, 3.05) is 24.7 Å². The van der Waals surface area contributed by atoms with Crippen molar-refractivity contribution in [1.29, 1.82) is 0 Å². The van der Waals surface area contributed by atoms with Crippen LogP contribution in [0.2, 0.25) is 0 Å². The van der Waals surface area contributed by atoms with Crippen LogP contribution in [0.1, 0.15) is 42.6 Å². The molecule has 0 radical (unpaired) electrons. The normalized spacial score (nSPS) is 13.5. The molecule has 2 heterocycles. The van der Waals surface area contributed by atoms with Gasteiger partial charge in [-0.05, 0) is 38.3 Å². The molecule has 1 aromatic carbocycles. The maximum absolute atomic E-state index is 13.1. The van der Waals surface area contributed by atoms with Crippen LogP contribution in [0.3, 0.4) is 0 Å². The average Bonchev–Trinajstić information content (AvgIpc) is 3.61. The Morgan fingerprint density at radius 1 is 1.27 bits per heavy atom. The lowest BCUT2D eigenvalue weighted by atomic mass is 10.2. The van der Waals surface area contributed by atoms with Gasteiger partial charge in [-0.3, -0.25) is 28.5 Å². The highest BCUT2D eigenvalue weighted by Gasteiger charge is 2.30. The van der Waals surface area contributed by atoms with Gasteiger partial charge in [-0.2, -0.15) is 0 Å². The molecule has 0 aliphatic heterocycles. The van der Waals surface area contributed by atoms with Crippen molar-refractivity contribution in [2.45, 2.75) is 43.9 Å². The van der Waals surface area contributed by atoms with Crippen LogP contribution in [0.4, 0.5) is 5.82 Å². The van der Waals surface area contributed by atoms with Crippen LogP contribution in [-0.2, 0) is 11.3 Å². The molecule has 33 heavy (non-hydrogen) atoms. The molecular weight excluding hydrogens is 446 g/mol. The summed E-state index contributed by atoms with van der Waals surface area (Å²) < 4.78 is 8.17. The van der Waals surface area contributed by atoms with E-state index in [-0.39, 0.29) is 28.7 Å². The number of nitrogens with zero attached hydrogens (tertiary/aromatic N) is 3. The molecule has 0 amide bonds. The number of benzene rings is 1. The van der Waals surface area contributed by atoms with E-state index in [1.165, 1.54) is 9.13 Å². The van der Waals surface area contributed by atoms with Gasteiger partial charge in [0.2, 0.25) is 0 Å². The number of carbonyl (C=O) groups is 1. The summed E-state index contributed by atoms with van der Waals surface area (Å²) in [5.74, 6) is -0.805. The number of hydrogen-bond donors (Lipinski definition) is 2. The van der Waals surface area contributed by atoms with Crippen molar-refractivity contribution in [3.05, 3.63) is 61.0 Å². The molecule has 0 saturated heterocycles. The average molecular weight is 472 g/mol. The van der Waals surface area contributed by atoms with Gasteiger partial charge in [-0.15, -0.1) is 0 Å². The summed E-state index contributed by atoms with van der Waals surface area (Å²) >= 11 is 1.06. The molecule has 3 N–H and O–H groups in total. The van der Waals surface area contributed by atoms with Gasteiger partial charge in [0.25, 0.3) is 11.1 Å². The van der Waals surface area contributed by atoms with E-state index in [2.05, 4.69) is 9.97 Å². The number of anilines is 1. The fourth-order valence-electron chi connectivity index (χ4n) is 3.66. The van der Waals surface area contributed by atoms with Crippen molar-refractivity contribution < 1.29 is 9.53 Å². The molecule has 0 spiro atoms. The molecule has 0 atom stereocenters. The van der Waals surface area contributed by atoms with Gasteiger partial charge in [-0.25, -0.2) is 9.78 Å². The number of rotatable bonds is 10. The molecule has 11 heteroatoms. The second-order valence-electron chi connectivity index (χ2n) is 7.75. The summed E-state index contributed by atoms with van der Waals surface area (Å²) in [6, 6.07) is 6.92. The van der Waals surface area contributed by atoms with Crippen molar-refractivity contribution in [3.8, 4) is 0 Å². The van der Waals surface area contributed by atoms with Crippen LogP contribution in [0.25, 0.3) is 10.9 Å². The smallest absolute Gasteiger partial charge is 0.330 e. The van der Waals surface area contributed by atoms with Crippen LogP contribution >= 0.6 is 11.8 Å². The van der Waals surface area contributed by atoms with E-state index < -0.39 is 17.0 Å². The Bertz CT molecular complexity index is 1370. The van der Waals surface area contributed by atoms with E-state index in [4.69, 9.17) is 10.5 Å². The second-order valence-corrected chi connectivity index (χ2v) is 8.69. The molecule has 1 saturated carbocycles. The summed E-state index contributed by atoms with van der Waals surface area (Å²) in [5, 5.41) is 0.857. The third-order valence-electron chi connectivity index (χ3n) is 5.41. The lowest BCUT2D eigenvalue weighted by Gasteiger charge is -2.14. The van der Waals surface area contributed by atoms with E-state index in [0.717, 1.165) is 24.6 Å². The van der Waals surface area contributed by atoms with Crippen LogP contribution in [0, 0.1) is 0 Å². The molecular formula is C22H25N5O5S. The number of Topliss-reactive ketones (excluding diaryl/α,β-unsaturated/α-hetero) is 1. The van der Waals surface area contributed by atoms with E-state index in [9.17, 15) is 19.2 Å².